The predicted octanol–water partition coefficient (Wildman–Crippen LogP) is 2.46. The average Bonchev–Trinajstić information content (AvgIpc) is 2.64. The van der Waals surface area contributed by atoms with E-state index in [1.807, 2.05) is 6.92 Å². The molecule has 0 spiro atoms. The van der Waals surface area contributed by atoms with Crippen molar-refractivity contribution in [2.45, 2.75) is 19.4 Å². The second-order valence-corrected chi connectivity index (χ2v) is 4.37. The molecule has 1 atom stereocenters. The summed E-state index contributed by atoms with van der Waals surface area (Å²) in [4.78, 5) is 24.6. The van der Waals surface area contributed by atoms with Crippen LogP contribution in [-0.2, 0) is 9.59 Å². The molecule has 0 bridgehead atoms. The van der Waals surface area contributed by atoms with Gasteiger partial charge in [-0.05, 0) is 31.2 Å². The minimum Gasteiger partial charge on any atom is -0.487 e. The summed E-state index contributed by atoms with van der Waals surface area (Å²) in [6, 6.07) is 6.80. The first-order valence-corrected chi connectivity index (χ1v) is 5.97. The van der Waals surface area contributed by atoms with Gasteiger partial charge in [-0.25, -0.2) is 4.90 Å². The molecule has 1 aromatic rings. The third-order valence-electron chi connectivity index (χ3n) is 2.87. The molecule has 4 heteroatoms. The Morgan fingerprint density at radius 3 is 2.42 bits per heavy atom. The summed E-state index contributed by atoms with van der Waals surface area (Å²) in [6.07, 6.45) is 1.68. The van der Waals surface area contributed by atoms with Gasteiger partial charge in [-0.15, -0.1) is 0 Å². The molecule has 1 aliphatic rings. The van der Waals surface area contributed by atoms with E-state index in [2.05, 4.69) is 13.2 Å². The number of rotatable bonds is 4. The van der Waals surface area contributed by atoms with E-state index < -0.39 is 0 Å². The molecule has 0 saturated carbocycles. The van der Waals surface area contributed by atoms with E-state index in [0.29, 0.717) is 17.0 Å². The van der Waals surface area contributed by atoms with Gasteiger partial charge in [0.1, 0.15) is 11.9 Å². The number of anilines is 1. The van der Waals surface area contributed by atoms with Crippen molar-refractivity contribution in [1.82, 2.24) is 0 Å². The molecule has 2 amide bonds. The number of hydrogen-bond acceptors (Lipinski definition) is 3. The fraction of sp³-hybridized carbons (Fsp3) is 0.200. The van der Waals surface area contributed by atoms with Crippen molar-refractivity contribution < 1.29 is 14.3 Å². The van der Waals surface area contributed by atoms with Gasteiger partial charge >= 0.3 is 0 Å². The normalized spacial score (nSPS) is 16.7. The van der Waals surface area contributed by atoms with Crippen molar-refractivity contribution in [1.29, 1.82) is 0 Å². The van der Waals surface area contributed by atoms with E-state index in [1.54, 1.807) is 30.3 Å². The first-order chi connectivity index (χ1) is 9.02. The quantitative estimate of drug-likeness (QED) is 0.473. The molecule has 19 heavy (non-hydrogen) atoms. The number of nitrogens with zero attached hydrogens (tertiary/aromatic N) is 1. The summed E-state index contributed by atoms with van der Waals surface area (Å²) in [6.45, 7) is 9.09. The molecule has 0 aliphatic carbocycles. The van der Waals surface area contributed by atoms with Gasteiger partial charge < -0.3 is 4.74 Å². The van der Waals surface area contributed by atoms with Crippen LogP contribution in [0.5, 0.6) is 5.75 Å². The summed E-state index contributed by atoms with van der Waals surface area (Å²) in [7, 11) is 0. The minimum absolute atomic E-state index is 0.0879. The lowest BCUT2D eigenvalue weighted by Crippen LogP contribution is -2.28. The molecule has 1 aliphatic heterocycles. The summed E-state index contributed by atoms with van der Waals surface area (Å²) in [5, 5.41) is 0. The van der Waals surface area contributed by atoms with Crippen LogP contribution in [0.25, 0.3) is 0 Å². The number of imide groups is 1. The smallest absolute Gasteiger partial charge is 0.260 e. The molecular weight excluding hydrogens is 242 g/mol. The van der Waals surface area contributed by atoms with Crippen molar-refractivity contribution in [3.05, 3.63) is 49.1 Å². The molecule has 1 saturated heterocycles. The molecule has 0 aromatic heterocycles. The van der Waals surface area contributed by atoms with Crippen LogP contribution >= 0.6 is 0 Å². The van der Waals surface area contributed by atoms with Gasteiger partial charge in [0.25, 0.3) is 5.91 Å². The largest absolute Gasteiger partial charge is 0.487 e. The zero-order valence-electron chi connectivity index (χ0n) is 10.8. The highest BCUT2D eigenvalue weighted by Gasteiger charge is 2.33. The zero-order valence-corrected chi connectivity index (χ0v) is 10.8. The van der Waals surface area contributed by atoms with Gasteiger partial charge in [0.2, 0.25) is 5.91 Å². The Morgan fingerprint density at radius 2 is 1.95 bits per heavy atom. The van der Waals surface area contributed by atoms with Gasteiger partial charge in [0, 0.05) is 5.57 Å². The maximum absolute atomic E-state index is 11.8. The molecule has 1 fully saturated rings. The van der Waals surface area contributed by atoms with E-state index in [0.717, 1.165) is 4.90 Å². The van der Waals surface area contributed by atoms with E-state index >= 15 is 0 Å². The number of carbonyl (C=O) groups is 2. The van der Waals surface area contributed by atoms with Crippen LogP contribution in [0.3, 0.4) is 0 Å². The number of amides is 2. The molecule has 1 aromatic carbocycles. The second-order valence-electron chi connectivity index (χ2n) is 4.37. The van der Waals surface area contributed by atoms with Gasteiger partial charge in [-0.1, -0.05) is 19.2 Å². The molecule has 98 valence electrons. The van der Waals surface area contributed by atoms with Crippen molar-refractivity contribution in [2.24, 2.45) is 0 Å². The van der Waals surface area contributed by atoms with Gasteiger partial charge in [-0.2, -0.15) is 0 Å². The Balaban J connectivity index is 2.19. The van der Waals surface area contributed by atoms with E-state index in [1.165, 1.54) is 0 Å². The molecular formula is C15H15NO3. The third kappa shape index (κ3) is 2.57. The van der Waals surface area contributed by atoms with Gasteiger partial charge in [0.05, 0.1) is 12.1 Å². The number of benzene rings is 1. The molecule has 1 unspecified atom stereocenters. The average molecular weight is 257 g/mol. The molecule has 0 radical (unpaired) electrons. The molecule has 1 heterocycles. The van der Waals surface area contributed by atoms with E-state index in [9.17, 15) is 9.59 Å². The van der Waals surface area contributed by atoms with Crippen LogP contribution in [0.2, 0.25) is 0 Å². The van der Waals surface area contributed by atoms with Crippen molar-refractivity contribution in [3.8, 4) is 5.75 Å². The Kier molecular flexibility index (Phi) is 3.51. The molecule has 4 nitrogen and oxygen atoms in total. The maximum atomic E-state index is 11.8. The fourth-order valence-corrected chi connectivity index (χ4v) is 1.81. The molecule has 0 N–H and O–H groups in total. The first-order valence-electron chi connectivity index (χ1n) is 5.97. The highest BCUT2D eigenvalue weighted by atomic mass is 16.5. The standard InChI is InChI=1S/C15H15NO3/c1-4-11(3)19-13-7-5-12(6-8-13)16-14(17)9-10(2)15(16)18/h4-8,11H,1-2,9H2,3H3. The summed E-state index contributed by atoms with van der Waals surface area (Å²) in [5.41, 5.74) is 0.859. The van der Waals surface area contributed by atoms with Crippen LogP contribution in [0.15, 0.2) is 49.1 Å². The summed E-state index contributed by atoms with van der Waals surface area (Å²) in [5.74, 6) is 0.0790. The van der Waals surface area contributed by atoms with Crippen LogP contribution in [0.1, 0.15) is 13.3 Å². The lowest BCUT2D eigenvalue weighted by molar-refractivity contribution is -0.120. The highest BCUT2D eigenvalue weighted by Crippen LogP contribution is 2.27. The number of hydrogen-bond donors (Lipinski definition) is 0. The summed E-state index contributed by atoms with van der Waals surface area (Å²) >= 11 is 0. The van der Waals surface area contributed by atoms with Crippen LogP contribution in [0.4, 0.5) is 5.69 Å². The second kappa shape index (κ2) is 5.10. The highest BCUT2D eigenvalue weighted by molar-refractivity contribution is 6.27. The van der Waals surface area contributed by atoms with Gasteiger partial charge in [0.15, 0.2) is 0 Å². The minimum atomic E-state index is -0.335. The topological polar surface area (TPSA) is 46.6 Å². The van der Waals surface area contributed by atoms with Crippen molar-refractivity contribution in [3.63, 3.8) is 0 Å². The van der Waals surface area contributed by atoms with Crippen molar-refractivity contribution >= 4 is 17.5 Å². The number of carbonyl (C=O) groups excluding carboxylic acids is 2. The Morgan fingerprint density at radius 1 is 1.32 bits per heavy atom. The van der Waals surface area contributed by atoms with Crippen molar-refractivity contribution in [2.75, 3.05) is 4.90 Å². The maximum Gasteiger partial charge on any atom is 0.260 e. The van der Waals surface area contributed by atoms with E-state index in [4.69, 9.17) is 4.74 Å². The monoisotopic (exact) mass is 257 g/mol. The lowest BCUT2D eigenvalue weighted by atomic mass is 10.2. The Labute approximate surface area is 112 Å². The Hall–Kier alpha value is -2.36. The SMILES string of the molecule is C=CC(C)Oc1ccc(N2C(=O)CC(=C)C2=O)cc1. The zero-order chi connectivity index (χ0) is 14.0. The lowest BCUT2D eigenvalue weighted by Gasteiger charge is -2.15. The van der Waals surface area contributed by atoms with E-state index in [-0.39, 0.29) is 24.3 Å². The summed E-state index contributed by atoms with van der Waals surface area (Å²) < 4.78 is 5.53. The fourth-order valence-electron chi connectivity index (χ4n) is 1.81. The molecule has 2 rings (SSSR count). The first kappa shape index (κ1) is 13.1. The third-order valence-corrected chi connectivity index (χ3v) is 2.87. The van der Waals surface area contributed by atoms with Gasteiger partial charge in [-0.3, -0.25) is 9.59 Å². The predicted molar refractivity (Wildman–Crippen MR) is 73.0 cm³/mol. The Bertz CT molecular complexity index is 545. The van der Waals surface area contributed by atoms with Crippen LogP contribution in [-0.4, -0.2) is 17.9 Å². The van der Waals surface area contributed by atoms with Crippen LogP contribution in [0, 0.1) is 0 Å². The number of ether oxygens (including phenoxy) is 1. The van der Waals surface area contributed by atoms with Crippen LogP contribution < -0.4 is 9.64 Å².